The van der Waals surface area contributed by atoms with E-state index in [0.717, 1.165) is 49.4 Å². The zero-order chi connectivity index (χ0) is 19.0. The van der Waals surface area contributed by atoms with Crippen LogP contribution in [0, 0.1) is 0 Å². The first-order chi connectivity index (χ1) is 13.0. The van der Waals surface area contributed by atoms with Gasteiger partial charge in [-0.05, 0) is 38.4 Å². The van der Waals surface area contributed by atoms with Gasteiger partial charge in [-0.2, -0.15) is 4.31 Å². The molecule has 0 radical (unpaired) electrons. The van der Waals surface area contributed by atoms with Crippen molar-refractivity contribution in [3.8, 4) is 0 Å². The number of benzene rings is 1. The van der Waals surface area contributed by atoms with Gasteiger partial charge in [-0.3, -0.25) is 0 Å². The number of sulfonamides is 1. The quantitative estimate of drug-likeness (QED) is 0.865. The number of hydrogen-bond acceptors (Lipinski definition) is 6. The van der Waals surface area contributed by atoms with Crippen LogP contribution in [0.1, 0.15) is 36.0 Å². The second-order valence-corrected chi connectivity index (χ2v) is 9.07. The standard InChI is InChI=1S/C19H25N5O2S/c1-20-18-15-10-12-23(2)13-16(15)21-19(22-18)17-9-6-11-24(17)27(25,26)14-7-4-3-5-8-14/h3-5,7-8,17H,6,9-13H2,1-2H3,(H,20,21,22). The van der Waals surface area contributed by atoms with Gasteiger partial charge in [0.2, 0.25) is 10.0 Å². The maximum absolute atomic E-state index is 13.2. The molecule has 3 heterocycles. The highest BCUT2D eigenvalue weighted by Gasteiger charge is 2.38. The van der Waals surface area contributed by atoms with Crippen LogP contribution in [0.3, 0.4) is 0 Å². The second-order valence-electron chi connectivity index (χ2n) is 7.18. The highest BCUT2D eigenvalue weighted by Crippen LogP contribution is 2.36. The fourth-order valence-electron chi connectivity index (χ4n) is 3.95. The van der Waals surface area contributed by atoms with Crippen LogP contribution < -0.4 is 5.32 Å². The molecular weight excluding hydrogens is 362 g/mol. The lowest BCUT2D eigenvalue weighted by Crippen LogP contribution is -2.33. The van der Waals surface area contributed by atoms with Gasteiger partial charge in [-0.1, -0.05) is 18.2 Å². The van der Waals surface area contributed by atoms with Gasteiger partial charge in [0, 0.05) is 32.2 Å². The monoisotopic (exact) mass is 387 g/mol. The van der Waals surface area contributed by atoms with Crippen molar-refractivity contribution in [1.29, 1.82) is 0 Å². The number of fused-ring (bicyclic) bond motifs is 1. The van der Waals surface area contributed by atoms with Crippen LogP contribution in [0.2, 0.25) is 0 Å². The third-order valence-corrected chi connectivity index (χ3v) is 7.28. The second kappa shape index (κ2) is 7.18. The molecule has 1 aromatic carbocycles. The van der Waals surface area contributed by atoms with Crippen molar-refractivity contribution in [2.45, 2.75) is 36.7 Å². The molecule has 4 rings (SSSR count). The Balaban J connectivity index is 1.73. The first-order valence-corrected chi connectivity index (χ1v) is 10.8. The van der Waals surface area contributed by atoms with E-state index in [1.807, 2.05) is 13.1 Å². The average molecular weight is 388 g/mol. The molecule has 2 aliphatic rings. The molecule has 1 unspecified atom stereocenters. The molecule has 1 fully saturated rings. The third kappa shape index (κ3) is 3.33. The lowest BCUT2D eigenvalue weighted by Gasteiger charge is -2.28. The van der Waals surface area contributed by atoms with Crippen molar-refractivity contribution < 1.29 is 8.42 Å². The van der Waals surface area contributed by atoms with Crippen molar-refractivity contribution >= 4 is 15.8 Å². The van der Waals surface area contributed by atoms with E-state index in [-0.39, 0.29) is 6.04 Å². The van der Waals surface area contributed by atoms with Crippen LogP contribution in [0.5, 0.6) is 0 Å². The number of anilines is 1. The number of hydrogen-bond donors (Lipinski definition) is 1. The highest BCUT2D eigenvalue weighted by atomic mass is 32.2. The molecule has 1 saturated heterocycles. The van der Waals surface area contributed by atoms with Crippen molar-refractivity contribution in [3.63, 3.8) is 0 Å². The van der Waals surface area contributed by atoms with E-state index < -0.39 is 10.0 Å². The van der Waals surface area contributed by atoms with Crippen LogP contribution in [0.15, 0.2) is 35.2 Å². The highest BCUT2D eigenvalue weighted by molar-refractivity contribution is 7.89. The Labute approximate surface area is 160 Å². The minimum atomic E-state index is -3.57. The van der Waals surface area contributed by atoms with Gasteiger partial charge in [0.1, 0.15) is 11.6 Å². The van der Waals surface area contributed by atoms with E-state index in [4.69, 9.17) is 9.97 Å². The van der Waals surface area contributed by atoms with Crippen molar-refractivity contribution in [2.75, 3.05) is 32.5 Å². The first-order valence-electron chi connectivity index (χ1n) is 9.33. The summed E-state index contributed by atoms with van der Waals surface area (Å²) >= 11 is 0. The molecule has 2 aromatic rings. The number of nitrogens with one attached hydrogen (secondary N) is 1. The van der Waals surface area contributed by atoms with Gasteiger partial charge in [-0.25, -0.2) is 18.4 Å². The smallest absolute Gasteiger partial charge is 0.243 e. The van der Waals surface area contributed by atoms with Gasteiger partial charge in [0.25, 0.3) is 0 Å². The van der Waals surface area contributed by atoms with Crippen LogP contribution in [-0.2, 0) is 23.0 Å². The van der Waals surface area contributed by atoms with Crippen molar-refractivity contribution in [3.05, 3.63) is 47.4 Å². The molecule has 0 spiro atoms. The van der Waals surface area contributed by atoms with Crippen LogP contribution in [0.4, 0.5) is 5.82 Å². The van der Waals surface area contributed by atoms with E-state index >= 15 is 0 Å². The van der Waals surface area contributed by atoms with Crippen LogP contribution in [0.25, 0.3) is 0 Å². The van der Waals surface area contributed by atoms with Gasteiger partial charge in [-0.15, -0.1) is 0 Å². The largest absolute Gasteiger partial charge is 0.373 e. The maximum Gasteiger partial charge on any atom is 0.243 e. The Kier molecular flexibility index (Phi) is 4.88. The maximum atomic E-state index is 13.2. The van der Waals surface area contributed by atoms with Gasteiger partial charge in [0.15, 0.2) is 0 Å². The van der Waals surface area contributed by atoms with E-state index in [2.05, 4.69) is 17.3 Å². The van der Waals surface area contributed by atoms with Gasteiger partial charge < -0.3 is 10.2 Å². The number of rotatable bonds is 4. The molecule has 0 aliphatic carbocycles. The van der Waals surface area contributed by atoms with Crippen LogP contribution >= 0.6 is 0 Å². The molecule has 8 heteroatoms. The lowest BCUT2D eigenvalue weighted by atomic mass is 10.1. The average Bonchev–Trinajstić information content (AvgIpc) is 3.18. The summed E-state index contributed by atoms with van der Waals surface area (Å²) < 4.78 is 27.9. The van der Waals surface area contributed by atoms with E-state index in [9.17, 15) is 8.42 Å². The Morgan fingerprint density at radius 2 is 1.93 bits per heavy atom. The van der Waals surface area contributed by atoms with Crippen LogP contribution in [-0.4, -0.2) is 54.8 Å². The lowest BCUT2D eigenvalue weighted by molar-refractivity contribution is 0.304. The molecule has 27 heavy (non-hydrogen) atoms. The molecule has 2 aliphatic heterocycles. The molecule has 0 bridgehead atoms. The molecule has 1 N–H and O–H groups in total. The summed E-state index contributed by atoms with van der Waals surface area (Å²) in [4.78, 5) is 12.1. The van der Waals surface area contributed by atoms with Gasteiger partial charge in [0.05, 0.1) is 16.6 Å². The van der Waals surface area contributed by atoms with E-state index in [0.29, 0.717) is 17.3 Å². The summed E-state index contributed by atoms with van der Waals surface area (Å²) in [6, 6.07) is 8.30. The third-order valence-electron chi connectivity index (χ3n) is 5.36. The topological polar surface area (TPSA) is 78.4 Å². The Morgan fingerprint density at radius 3 is 2.67 bits per heavy atom. The molecule has 1 atom stereocenters. The Bertz CT molecular complexity index is 933. The van der Waals surface area contributed by atoms with E-state index in [1.165, 1.54) is 0 Å². The predicted molar refractivity (Wildman–Crippen MR) is 104 cm³/mol. The van der Waals surface area contributed by atoms with Gasteiger partial charge >= 0.3 is 0 Å². The zero-order valence-corrected chi connectivity index (χ0v) is 16.5. The minimum absolute atomic E-state index is 0.320. The Morgan fingerprint density at radius 1 is 1.15 bits per heavy atom. The van der Waals surface area contributed by atoms with Crippen molar-refractivity contribution in [2.24, 2.45) is 0 Å². The summed E-state index contributed by atoms with van der Waals surface area (Å²) in [5, 5.41) is 3.18. The number of likely N-dealkylation sites (N-methyl/N-ethyl adjacent to an activating group) is 1. The summed E-state index contributed by atoms with van der Waals surface area (Å²) in [6.45, 7) is 2.23. The molecule has 0 amide bonds. The minimum Gasteiger partial charge on any atom is -0.373 e. The molecular formula is C19H25N5O2S. The Hall–Kier alpha value is -2.03. The molecule has 1 aromatic heterocycles. The molecule has 144 valence electrons. The fraction of sp³-hybridized carbons (Fsp3) is 0.474. The van der Waals surface area contributed by atoms with E-state index in [1.54, 1.807) is 28.6 Å². The number of nitrogens with zero attached hydrogens (tertiary/aromatic N) is 4. The summed E-state index contributed by atoms with van der Waals surface area (Å²) in [5.41, 5.74) is 2.15. The molecule has 7 nitrogen and oxygen atoms in total. The summed E-state index contributed by atoms with van der Waals surface area (Å²) in [6.07, 6.45) is 2.45. The summed E-state index contributed by atoms with van der Waals surface area (Å²) in [7, 11) is 0.369. The predicted octanol–water partition coefficient (Wildman–Crippen LogP) is 2.03. The van der Waals surface area contributed by atoms with Crippen molar-refractivity contribution in [1.82, 2.24) is 19.2 Å². The molecule has 0 saturated carbocycles. The zero-order valence-electron chi connectivity index (χ0n) is 15.7. The first kappa shape index (κ1) is 18.3. The fourth-order valence-corrected chi connectivity index (χ4v) is 5.63. The SMILES string of the molecule is CNc1nc(C2CCCN2S(=O)(=O)c2ccccc2)nc2c1CCN(C)C2. The summed E-state index contributed by atoms with van der Waals surface area (Å²) in [5.74, 6) is 1.43. The normalized spacial score (nSPS) is 21.2. The number of aromatic nitrogens is 2.